The maximum absolute atomic E-state index is 12.0. The van der Waals surface area contributed by atoms with Crippen LogP contribution in [-0.4, -0.2) is 28.1 Å². The maximum atomic E-state index is 12.0. The van der Waals surface area contributed by atoms with Gasteiger partial charge < -0.3 is 5.32 Å². The van der Waals surface area contributed by atoms with Gasteiger partial charge in [0.2, 0.25) is 5.91 Å². The molecule has 0 aliphatic rings. The molecule has 0 aliphatic heterocycles. The van der Waals surface area contributed by atoms with Crippen LogP contribution < -0.4 is 5.32 Å². The molecule has 1 amide bonds. The van der Waals surface area contributed by atoms with Crippen molar-refractivity contribution in [2.75, 3.05) is 12.0 Å². The number of thioether (sulfide) groups is 2. The first kappa shape index (κ1) is 17.3. The van der Waals surface area contributed by atoms with E-state index in [2.05, 4.69) is 46.7 Å². The first-order valence-corrected chi connectivity index (χ1v) is 10.0. The van der Waals surface area contributed by atoms with Gasteiger partial charge in [-0.3, -0.25) is 4.79 Å². The Morgan fingerprint density at radius 3 is 2.55 bits per heavy atom. The second-order valence-electron chi connectivity index (χ2n) is 4.71. The lowest BCUT2D eigenvalue weighted by atomic mass is 10.1. The van der Waals surface area contributed by atoms with E-state index in [1.807, 2.05) is 13.2 Å². The summed E-state index contributed by atoms with van der Waals surface area (Å²) in [6.45, 7) is 4.13. The van der Waals surface area contributed by atoms with E-state index >= 15 is 0 Å². The number of carbonyl (C=O) groups excluding carboxylic acids is 1. The molecule has 1 N–H and O–H groups in total. The molecule has 0 saturated heterocycles. The Morgan fingerprint density at radius 2 is 1.95 bits per heavy atom. The molecule has 2 rings (SSSR count). The molecule has 1 aromatic carbocycles. The summed E-state index contributed by atoms with van der Waals surface area (Å²) in [5, 5.41) is 11.1. The highest BCUT2D eigenvalue weighted by Gasteiger charge is 2.11. The van der Waals surface area contributed by atoms with Crippen molar-refractivity contribution in [3.8, 4) is 0 Å². The average Bonchev–Trinajstić information content (AvgIpc) is 3.01. The molecule has 0 aliphatic carbocycles. The van der Waals surface area contributed by atoms with Gasteiger partial charge in [-0.2, -0.15) is 0 Å². The van der Waals surface area contributed by atoms with Crippen molar-refractivity contribution in [3.63, 3.8) is 0 Å². The number of hydrogen-bond acceptors (Lipinski definition) is 6. The van der Waals surface area contributed by atoms with Crippen molar-refractivity contribution in [2.24, 2.45) is 0 Å². The molecule has 22 heavy (non-hydrogen) atoms. The smallest absolute Gasteiger partial charge is 0.230 e. The van der Waals surface area contributed by atoms with Crippen molar-refractivity contribution in [3.05, 3.63) is 35.4 Å². The molecule has 0 saturated carbocycles. The molecular formula is C15H19N3OS3. The van der Waals surface area contributed by atoms with Crippen LogP contribution in [0.2, 0.25) is 0 Å². The first-order valence-electron chi connectivity index (χ1n) is 7.01. The molecular weight excluding hydrogens is 334 g/mol. The third-order valence-electron chi connectivity index (χ3n) is 3.15. The molecule has 0 bridgehead atoms. The van der Waals surface area contributed by atoms with Gasteiger partial charge in [0.1, 0.15) is 0 Å². The number of aryl methyl sites for hydroxylation is 1. The quantitative estimate of drug-likeness (QED) is 0.768. The predicted molar refractivity (Wildman–Crippen MR) is 94.8 cm³/mol. The van der Waals surface area contributed by atoms with Gasteiger partial charge in [-0.15, -0.1) is 10.2 Å². The van der Waals surface area contributed by atoms with E-state index in [1.165, 1.54) is 28.7 Å². The Morgan fingerprint density at radius 1 is 1.27 bits per heavy atom. The van der Waals surface area contributed by atoms with Crippen LogP contribution in [0.25, 0.3) is 0 Å². The van der Waals surface area contributed by atoms with E-state index in [0.29, 0.717) is 5.75 Å². The Hall–Kier alpha value is -1.05. The number of rotatable bonds is 7. The minimum absolute atomic E-state index is 0.00943. The van der Waals surface area contributed by atoms with E-state index in [1.54, 1.807) is 11.8 Å². The largest absolute Gasteiger partial charge is 0.349 e. The van der Waals surface area contributed by atoms with Gasteiger partial charge in [-0.05, 0) is 30.7 Å². The number of nitrogens with one attached hydrogen (secondary N) is 1. The molecule has 2 aromatic rings. The van der Waals surface area contributed by atoms with Crippen LogP contribution in [0.5, 0.6) is 0 Å². The van der Waals surface area contributed by atoms with E-state index < -0.39 is 0 Å². The average molecular weight is 354 g/mol. The maximum Gasteiger partial charge on any atom is 0.230 e. The van der Waals surface area contributed by atoms with Gasteiger partial charge in [0, 0.05) is 0 Å². The topological polar surface area (TPSA) is 54.9 Å². The molecule has 1 atom stereocenters. The van der Waals surface area contributed by atoms with Crippen LogP contribution in [0.15, 0.2) is 32.9 Å². The first-order chi connectivity index (χ1) is 10.6. The summed E-state index contributed by atoms with van der Waals surface area (Å²) in [4.78, 5) is 12.0. The van der Waals surface area contributed by atoms with E-state index in [0.717, 1.165) is 20.7 Å². The van der Waals surface area contributed by atoms with Gasteiger partial charge >= 0.3 is 0 Å². The predicted octanol–water partition coefficient (Wildman–Crippen LogP) is 3.79. The molecule has 1 unspecified atom stereocenters. The molecule has 0 radical (unpaired) electrons. The number of aromatic nitrogens is 2. The van der Waals surface area contributed by atoms with Crippen LogP contribution in [0.3, 0.4) is 0 Å². The van der Waals surface area contributed by atoms with Crippen molar-refractivity contribution in [2.45, 2.75) is 35.0 Å². The lowest BCUT2D eigenvalue weighted by molar-refractivity contribution is -0.119. The lowest BCUT2D eigenvalue weighted by Crippen LogP contribution is -2.28. The third-order valence-corrected chi connectivity index (χ3v) is 6.19. The van der Waals surface area contributed by atoms with Crippen LogP contribution in [0.4, 0.5) is 0 Å². The number of nitrogens with zero attached hydrogens (tertiary/aromatic N) is 2. The fourth-order valence-electron chi connectivity index (χ4n) is 1.87. The minimum atomic E-state index is 0.00943. The fraction of sp³-hybridized carbons (Fsp3) is 0.400. The normalized spacial score (nSPS) is 12.1. The van der Waals surface area contributed by atoms with Crippen molar-refractivity contribution in [1.82, 2.24) is 15.5 Å². The summed E-state index contributed by atoms with van der Waals surface area (Å²) < 4.78 is 1.76. The molecule has 0 fully saturated rings. The molecule has 4 nitrogen and oxygen atoms in total. The summed E-state index contributed by atoms with van der Waals surface area (Å²) in [6.07, 6.45) is 2.99. The Labute approximate surface area is 143 Å². The lowest BCUT2D eigenvalue weighted by Gasteiger charge is -2.14. The Balaban J connectivity index is 1.82. The molecule has 7 heteroatoms. The minimum Gasteiger partial charge on any atom is -0.349 e. The number of hydrogen-bond donors (Lipinski definition) is 1. The number of benzene rings is 1. The zero-order valence-electron chi connectivity index (χ0n) is 12.8. The number of carbonyl (C=O) groups is 1. The Kier molecular flexibility index (Phi) is 6.72. The summed E-state index contributed by atoms with van der Waals surface area (Å²) in [5.41, 5.74) is 2.43. The highest BCUT2D eigenvalue weighted by molar-refractivity contribution is 8.03. The van der Waals surface area contributed by atoms with Gasteiger partial charge in [-0.1, -0.05) is 66.0 Å². The van der Waals surface area contributed by atoms with E-state index in [9.17, 15) is 4.79 Å². The van der Waals surface area contributed by atoms with E-state index in [-0.39, 0.29) is 11.9 Å². The number of amides is 1. The van der Waals surface area contributed by atoms with Crippen LogP contribution in [0.1, 0.15) is 31.0 Å². The van der Waals surface area contributed by atoms with Crippen LogP contribution >= 0.6 is 34.9 Å². The highest BCUT2D eigenvalue weighted by Crippen LogP contribution is 2.27. The molecule has 0 spiro atoms. The van der Waals surface area contributed by atoms with Crippen LogP contribution in [-0.2, 0) is 11.2 Å². The Bertz CT molecular complexity index is 613. The van der Waals surface area contributed by atoms with Crippen molar-refractivity contribution >= 4 is 40.8 Å². The standard InChI is InChI=1S/C15H19N3OS3/c1-4-11-5-7-12(8-6-11)10(2)16-13(19)9-21-15-18-17-14(20-3)22-15/h5-8,10H,4,9H2,1-3H3,(H,16,19). The van der Waals surface area contributed by atoms with Gasteiger partial charge in [-0.25, -0.2) is 0 Å². The SMILES string of the molecule is CCc1ccc(C(C)NC(=O)CSc2nnc(SC)s2)cc1. The summed E-state index contributed by atoms with van der Waals surface area (Å²) in [5.74, 6) is 0.374. The summed E-state index contributed by atoms with van der Waals surface area (Å²) >= 11 is 4.51. The summed E-state index contributed by atoms with van der Waals surface area (Å²) in [6, 6.07) is 8.38. The van der Waals surface area contributed by atoms with E-state index in [4.69, 9.17) is 0 Å². The second kappa shape index (κ2) is 8.55. The fourth-order valence-corrected chi connectivity index (χ4v) is 4.12. The zero-order chi connectivity index (χ0) is 15.9. The summed E-state index contributed by atoms with van der Waals surface area (Å²) in [7, 11) is 0. The molecule has 1 heterocycles. The monoisotopic (exact) mass is 353 g/mol. The van der Waals surface area contributed by atoms with Crippen LogP contribution in [0, 0.1) is 0 Å². The second-order valence-corrected chi connectivity index (χ2v) is 7.96. The third kappa shape index (κ3) is 5.00. The highest BCUT2D eigenvalue weighted by atomic mass is 32.2. The molecule has 1 aromatic heterocycles. The van der Waals surface area contributed by atoms with Gasteiger partial charge in [0.05, 0.1) is 11.8 Å². The van der Waals surface area contributed by atoms with Crippen molar-refractivity contribution < 1.29 is 4.79 Å². The molecule has 118 valence electrons. The van der Waals surface area contributed by atoms with Gasteiger partial charge in [0.25, 0.3) is 0 Å². The zero-order valence-corrected chi connectivity index (χ0v) is 15.3. The van der Waals surface area contributed by atoms with Gasteiger partial charge in [0.15, 0.2) is 8.68 Å². The van der Waals surface area contributed by atoms with Crippen molar-refractivity contribution in [1.29, 1.82) is 0 Å².